The van der Waals surface area contributed by atoms with Gasteiger partial charge < -0.3 is 29.2 Å². The molecule has 0 spiro atoms. The van der Waals surface area contributed by atoms with E-state index in [0.29, 0.717) is 69.9 Å². The van der Waals surface area contributed by atoms with Crippen LogP contribution in [0.25, 0.3) is 0 Å². The van der Waals surface area contributed by atoms with Crippen LogP contribution in [0.2, 0.25) is 10.0 Å². The van der Waals surface area contributed by atoms with Gasteiger partial charge in [-0.05, 0) is 77.7 Å². The third-order valence-corrected chi connectivity index (χ3v) is 12.7. The molecule has 4 aromatic carbocycles. The number of imide groups is 1. The molecule has 7 aromatic rings. The van der Waals surface area contributed by atoms with Gasteiger partial charge in [-0.15, -0.1) is 0 Å². The number of aromatic hydroxyl groups is 2. The Morgan fingerprint density at radius 2 is 1.15 bits per heavy atom. The number of ketones is 1. The molecule has 0 bridgehead atoms. The first-order valence-electron chi connectivity index (χ1n) is 22.5. The summed E-state index contributed by atoms with van der Waals surface area (Å²) in [5, 5.41) is 39.2. The van der Waals surface area contributed by atoms with E-state index in [1.807, 2.05) is 6.07 Å². The fraction of sp³-hybridized carbons (Fsp3) is 0.204. The fourth-order valence-electron chi connectivity index (χ4n) is 8.15. The average molecular weight is 1070 g/mol. The van der Waals surface area contributed by atoms with Crippen LogP contribution in [0, 0.1) is 46.9 Å². The first-order valence-corrected chi connectivity index (χ1v) is 23.2. The number of carbonyl (C=O) groups excluding carboxylic acids is 3. The van der Waals surface area contributed by atoms with Crippen molar-refractivity contribution in [1.82, 2.24) is 19.4 Å². The summed E-state index contributed by atoms with van der Waals surface area (Å²) in [6.07, 6.45) is 3.67. The number of pyridine rings is 2. The van der Waals surface area contributed by atoms with Gasteiger partial charge >= 0.3 is 0 Å². The van der Waals surface area contributed by atoms with E-state index in [2.05, 4.69) is 9.97 Å². The smallest absolute Gasteiger partial charge is 0.230 e. The van der Waals surface area contributed by atoms with Crippen LogP contribution >= 0.6 is 23.2 Å². The number of aromatic nitrogens is 3. The predicted octanol–water partition coefficient (Wildman–Crippen LogP) is 9.98. The molecule has 386 valence electrons. The Morgan fingerprint density at radius 1 is 0.653 bits per heavy atom. The minimum atomic E-state index is -0.886. The summed E-state index contributed by atoms with van der Waals surface area (Å²) < 4.78 is 76.5. The number of benzene rings is 4. The van der Waals surface area contributed by atoms with E-state index in [9.17, 15) is 42.2 Å². The van der Waals surface area contributed by atoms with Crippen LogP contribution in [0.15, 0.2) is 85.2 Å². The average Bonchev–Trinajstić information content (AvgIpc) is 3.86. The third kappa shape index (κ3) is 11.7. The molecule has 2 amide bonds. The number of hydrogen-bond donors (Lipinski definition) is 3. The summed E-state index contributed by atoms with van der Waals surface area (Å²) in [6, 6.07) is 19.3. The maximum absolute atomic E-state index is 14.3. The van der Waals surface area contributed by atoms with Crippen molar-refractivity contribution in [2.24, 2.45) is 0 Å². The van der Waals surface area contributed by atoms with Gasteiger partial charge in [-0.3, -0.25) is 39.2 Å². The zero-order valence-electron chi connectivity index (χ0n) is 40.6. The second kappa shape index (κ2) is 23.2. The molecule has 0 radical (unpaired) electrons. The molecule has 2 aliphatic rings. The molecule has 0 unspecified atom stereocenters. The maximum Gasteiger partial charge on any atom is 0.230 e. The highest BCUT2D eigenvalue weighted by molar-refractivity contribution is 6.31. The molecule has 1 saturated heterocycles. The molecule has 3 aromatic heterocycles. The van der Waals surface area contributed by atoms with Crippen molar-refractivity contribution in [2.45, 2.75) is 45.7 Å². The van der Waals surface area contributed by atoms with Crippen molar-refractivity contribution in [3.05, 3.63) is 186 Å². The summed E-state index contributed by atoms with van der Waals surface area (Å²) >= 11 is 11.4. The monoisotopic (exact) mass is 1070 g/mol. The lowest BCUT2D eigenvalue weighted by Gasteiger charge is -2.17. The Hall–Kier alpha value is -8.47. The molecular weight excluding hydrogens is 1020 g/mol. The van der Waals surface area contributed by atoms with Crippen LogP contribution in [0.3, 0.4) is 0 Å². The molecular formula is C54H44Cl2F4N6O9. The second-order valence-electron chi connectivity index (χ2n) is 16.8. The molecule has 0 saturated carbocycles. The molecule has 0 atom stereocenters. The Kier molecular flexibility index (Phi) is 16.8. The van der Waals surface area contributed by atoms with Crippen molar-refractivity contribution in [2.75, 3.05) is 28.4 Å². The molecule has 3 N–H and O–H groups in total. The Bertz CT molecular complexity index is 3460. The molecule has 75 heavy (non-hydrogen) atoms. The van der Waals surface area contributed by atoms with Crippen LogP contribution in [0.5, 0.6) is 34.8 Å². The van der Waals surface area contributed by atoms with Gasteiger partial charge in [0, 0.05) is 79.0 Å². The molecule has 4 heterocycles. The first kappa shape index (κ1) is 54.3. The number of likely N-dealkylation sites (tertiary alicyclic amines) is 1. The SMILES string of the molecule is COc1ccc(CN2C(=O)CCC2=O)c(OC)c1.COc1ccc(Cn2c(O)c3c(c2O)C(=O)c2ncc(Cc4cc(Cl)c(F)cc4F)cc2C3=N)c(OC)c1.Cc1ncc(Cc2cc(Cl)c(F)cc2F)cc1C#N. The number of halogens is 6. The normalized spacial score (nSPS) is 12.5. The number of nitriles is 1. The van der Waals surface area contributed by atoms with E-state index in [4.69, 9.17) is 52.8 Å². The summed E-state index contributed by atoms with van der Waals surface area (Å²) in [6.45, 7) is 1.90. The second-order valence-corrected chi connectivity index (χ2v) is 17.6. The Morgan fingerprint density at radius 3 is 1.65 bits per heavy atom. The van der Waals surface area contributed by atoms with E-state index in [1.165, 1.54) is 37.4 Å². The number of ether oxygens (including phenoxy) is 4. The van der Waals surface area contributed by atoms with Crippen molar-refractivity contribution < 1.29 is 61.1 Å². The van der Waals surface area contributed by atoms with Gasteiger partial charge in [0.1, 0.15) is 58.0 Å². The van der Waals surface area contributed by atoms with Gasteiger partial charge in [0.25, 0.3) is 0 Å². The highest BCUT2D eigenvalue weighted by Gasteiger charge is 2.38. The summed E-state index contributed by atoms with van der Waals surface area (Å²) in [5.41, 5.74) is 3.25. The lowest BCUT2D eigenvalue weighted by Crippen LogP contribution is -2.28. The summed E-state index contributed by atoms with van der Waals surface area (Å²) in [7, 11) is 6.09. The highest BCUT2D eigenvalue weighted by Crippen LogP contribution is 2.42. The molecule has 9 rings (SSSR count). The number of amides is 2. The number of nitrogens with zero attached hydrogens (tertiary/aromatic N) is 5. The van der Waals surface area contributed by atoms with Crippen LogP contribution in [0.4, 0.5) is 17.6 Å². The van der Waals surface area contributed by atoms with Crippen molar-refractivity contribution in [3.63, 3.8) is 0 Å². The number of fused-ring (bicyclic) bond motifs is 2. The topological polar surface area (TPSA) is 210 Å². The lowest BCUT2D eigenvalue weighted by molar-refractivity contribution is -0.139. The molecule has 15 nitrogen and oxygen atoms in total. The van der Waals surface area contributed by atoms with Crippen molar-refractivity contribution in [3.8, 4) is 40.8 Å². The molecule has 21 heteroatoms. The van der Waals surface area contributed by atoms with Gasteiger partial charge in [-0.25, -0.2) is 17.6 Å². The lowest BCUT2D eigenvalue weighted by atomic mass is 9.87. The molecule has 1 aliphatic heterocycles. The van der Waals surface area contributed by atoms with Gasteiger partial charge in [-0.2, -0.15) is 5.26 Å². The minimum absolute atomic E-state index is 0.0318. The van der Waals surface area contributed by atoms with Crippen molar-refractivity contribution in [1.29, 1.82) is 10.7 Å². The van der Waals surface area contributed by atoms with E-state index < -0.39 is 40.8 Å². The summed E-state index contributed by atoms with van der Waals surface area (Å²) in [5.74, 6) is -2.82. The fourth-order valence-corrected chi connectivity index (χ4v) is 8.53. The van der Waals surface area contributed by atoms with E-state index in [0.717, 1.165) is 22.3 Å². The molecule has 1 aliphatic carbocycles. The van der Waals surface area contributed by atoms with E-state index in [1.54, 1.807) is 69.8 Å². The standard InChI is InChI=1S/C27H20ClF2N3O5.C14H9ClF2N2.C13H15NO4/c1-37-15-4-3-13(20(8-15)38-2)11-33-26(35)21-22(27(33)36)25(34)24-16(23(21)31)6-12(10-32-24)5-14-7-17(28)19(30)9-18(14)29;1-8-11(6-18)3-9(7-19-8)2-10-4-12(15)14(17)5-13(10)16;1-17-10-4-3-9(11(7-10)18-2)8-14-12(15)5-6-13(14)16/h3-4,6-10,31,35-36H,5,11H2,1-2H3;3-5,7H,2H2,1H3;3-4,7H,5-6,8H2,1-2H3. The quantitative estimate of drug-likeness (QED) is 0.0593. The number of methoxy groups -OCH3 is 4. The number of nitrogens with one attached hydrogen (secondary N) is 1. The van der Waals surface area contributed by atoms with Gasteiger partial charge in [0.15, 0.2) is 0 Å². The van der Waals surface area contributed by atoms with Gasteiger partial charge in [0.2, 0.25) is 29.4 Å². The van der Waals surface area contributed by atoms with Crippen LogP contribution < -0.4 is 18.9 Å². The summed E-state index contributed by atoms with van der Waals surface area (Å²) in [4.78, 5) is 45.9. The number of aryl methyl sites for hydroxylation is 1. The number of carbonyl (C=O) groups is 3. The van der Waals surface area contributed by atoms with Crippen LogP contribution in [-0.2, 0) is 35.5 Å². The van der Waals surface area contributed by atoms with Gasteiger partial charge in [-0.1, -0.05) is 23.2 Å². The van der Waals surface area contributed by atoms with E-state index >= 15 is 0 Å². The maximum atomic E-state index is 14.3. The highest BCUT2D eigenvalue weighted by atomic mass is 35.5. The third-order valence-electron chi connectivity index (χ3n) is 12.1. The van der Waals surface area contributed by atoms with E-state index in [-0.39, 0.29) is 87.0 Å². The number of rotatable bonds is 12. The van der Waals surface area contributed by atoms with Crippen molar-refractivity contribution >= 4 is 46.5 Å². The van der Waals surface area contributed by atoms with Gasteiger partial charge in [0.05, 0.1) is 79.7 Å². The largest absolute Gasteiger partial charge is 0.497 e. The zero-order chi connectivity index (χ0) is 54.4. The Balaban J connectivity index is 0.000000185. The number of hydrogen-bond acceptors (Lipinski definition) is 13. The van der Waals surface area contributed by atoms with Crippen LogP contribution in [-0.4, -0.2) is 81.4 Å². The molecule has 1 fully saturated rings. The minimum Gasteiger partial charge on any atom is -0.497 e. The predicted molar refractivity (Wildman–Crippen MR) is 266 cm³/mol. The Labute approximate surface area is 436 Å². The first-order chi connectivity index (χ1) is 35.8. The zero-order valence-corrected chi connectivity index (χ0v) is 42.1. The van der Waals surface area contributed by atoms with Crippen LogP contribution in [0.1, 0.15) is 84.7 Å².